The highest BCUT2D eigenvalue weighted by Crippen LogP contribution is 2.34. The molecule has 0 aliphatic carbocycles. The summed E-state index contributed by atoms with van der Waals surface area (Å²) >= 11 is 3.53. The van der Waals surface area contributed by atoms with Crippen LogP contribution in [0.3, 0.4) is 0 Å². The average molecular weight is 568 g/mol. The molecule has 1 heterocycles. The summed E-state index contributed by atoms with van der Waals surface area (Å²) in [7, 11) is -2.86. The van der Waals surface area contributed by atoms with Gasteiger partial charge in [-0.3, -0.25) is 10.3 Å². The van der Waals surface area contributed by atoms with Crippen molar-refractivity contribution in [1.82, 2.24) is 15.0 Å². The molecule has 3 aromatic carbocycles. The summed E-state index contributed by atoms with van der Waals surface area (Å²) in [6.45, 7) is 1.95. The molecule has 2 N–H and O–H groups in total. The molecule has 2 atom stereocenters. The van der Waals surface area contributed by atoms with Crippen molar-refractivity contribution in [3.63, 3.8) is 0 Å². The van der Waals surface area contributed by atoms with Crippen molar-refractivity contribution in [2.45, 2.75) is 29.9 Å². The van der Waals surface area contributed by atoms with E-state index in [2.05, 4.69) is 31.0 Å². The number of nitrogens with one attached hydrogen (secondary N) is 2. The number of halogens is 1. The van der Waals surface area contributed by atoms with Crippen LogP contribution in [0.4, 0.5) is 0 Å². The third-order valence-corrected chi connectivity index (χ3v) is 8.24. The summed E-state index contributed by atoms with van der Waals surface area (Å²) in [4.78, 5) is 17.6. The molecule has 0 saturated heterocycles. The van der Waals surface area contributed by atoms with Gasteiger partial charge < -0.3 is 4.74 Å². The number of aromatic nitrogens is 1. The fraction of sp³-hybridized carbons (Fsp3) is 0.185. The highest BCUT2D eigenvalue weighted by atomic mass is 79.9. The molecule has 4 aromatic rings. The van der Waals surface area contributed by atoms with E-state index >= 15 is 0 Å². The molecule has 9 heteroatoms. The van der Waals surface area contributed by atoms with Gasteiger partial charge in [0.25, 0.3) is 0 Å². The summed E-state index contributed by atoms with van der Waals surface area (Å²) < 4.78 is 36.3. The lowest BCUT2D eigenvalue weighted by atomic mass is 9.87. The number of carbonyl (C=O) groups excluding carboxylic acids is 1. The number of nitrogens with zero attached hydrogens (tertiary/aromatic N) is 1. The second-order valence-corrected chi connectivity index (χ2v) is 11.0. The van der Waals surface area contributed by atoms with E-state index in [4.69, 9.17) is 4.74 Å². The summed E-state index contributed by atoms with van der Waals surface area (Å²) in [5.41, 5.74) is 0.372. The third-order valence-electron chi connectivity index (χ3n) is 6.06. The van der Waals surface area contributed by atoms with Crippen LogP contribution < -0.4 is 10.0 Å². The highest BCUT2D eigenvalue weighted by Gasteiger charge is 2.46. The third kappa shape index (κ3) is 5.34. The van der Waals surface area contributed by atoms with Gasteiger partial charge in [-0.1, -0.05) is 82.7 Å². The summed E-state index contributed by atoms with van der Waals surface area (Å²) in [6, 6.07) is 24.2. The number of ether oxygens (including phenoxy) is 1. The van der Waals surface area contributed by atoms with Crippen molar-refractivity contribution in [2.75, 3.05) is 7.11 Å². The Morgan fingerprint density at radius 2 is 1.69 bits per heavy atom. The Labute approximate surface area is 219 Å². The summed E-state index contributed by atoms with van der Waals surface area (Å²) in [5.74, 6) is -0.613. The standard InChI is InChI=1S/C27H26BrN3O4S/c1-27(26(32)35-2,30-18-19-10-4-3-5-11-19)25(21-14-6-7-15-22(21)28)31-36(33,34)23-16-8-12-20-13-9-17-29-24(20)23/h3-17,25,30-31H,18H2,1-2H3/t25-,27-/m0/s1. The van der Waals surface area contributed by atoms with Gasteiger partial charge >= 0.3 is 5.97 Å². The molecule has 7 nitrogen and oxygen atoms in total. The maximum absolute atomic E-state index is 13.8. The number of methoxy groups -OCH3 is 1. The SMILES string of the molecule is COC(=O)[C@@](C)(NCc1ccccc1)[C@@H](NS(=O)(=O)c1cccc2cccnc12)c1ccccc1Br. The zero-order valence-corrected chi connectivity index (χ0v) is 22.2. The maximum atomic E-state index is 13.8. The number of fused-ring (bicyclic) bond motifs is 1. The Morgan fingerprint density at radius 1 is 1.00 bits per heavy atom. The van der Waals surface area contributed by atoms with Crippen molar-refractivity contribution in [1.29, 1.82) is 0 Å². The molecule has 36 heavy (non-hydrogen) atoms. The van der Waals surface area contributed by atoms with Crippen molar-refractivity contribution < 1.29 is 17.9 Å². The van der Waals surface area contributed by atoms with E-state index in [-0.39, 0.29) is 4.90 Å². The van der Waals surface area contributed by atoms with E-state index < -0.39 is 27.6 Å². The van der Waals surface area contributed by atoms with E-state index in [0.29, 0.717) is 27.5 Å². The molecule has 0 amide bonds. The lowest BCUT2D eigenvalue weighted by molar-refractivity contribution is -0.149. The van der Waals surface area contributed by atoms with Crippen LogP contribution in [0, 0.1) is 0 Å². The van der Waals surface area contributed by atoms with Crippen molar-refractivity contribution in [2.24, 2.45) is 0 Å². The smallest absolute Gasteiger partial charge is 0.327 e. The zero-order valence-electron chi connectivity index (χ0n) is 19.8. The molecular formula is C27H26BrN3O4S. The molecule has 0 fully saturated rings. The minimum absolute atomic E-state index is 0.0212. The van der Waals surface area contributed by atoms with Crippen LogP contribution in [-0.2, 0) is 26.1 Å². The molecule has 0 aliphatic rings. The van der Waals surface area contributed by atoms with Gasteiger partial charge in [0.15, 0.2) is 0 Å². The fourth-order valence-corrected chi connectivity index (χ4v) is 6.10. The number of benzene rings is 3. The highest BCUT2D eigenvalue weighted by molar-refractivity contribution is 9.10. The van der Waals surface area contributed by atoms with Crippen LogP contribution in [0.2, 0.25) is 0 Å². The Kier molecular flexibility index (Phi) is 7.85. The van der Waals surface area contributed by atoms with Gasteiger partial charge in [0.05, 0.1) is 18.7 Å². The second-order valence-electron chi connectivity index (χ2n) is 8.44. The summed E-state index contributed by atoms with van der Waals surface area (Å²) in [5, 5.41) is 3.95. The van der Waals surface area contributed by atoms with E-state index in [1.165, 1.54) is 13.2 Å². The second kappa shape index (κ2) is 10.9. The van der Waals surface area contributed by atoms with Crippen LogP contribution in [0.15, 0.2) is 100 Å². The molecule has 186 valence electrons. The van der Waals surface area contributed by atoms with E-state index in [1.54, 1.807) is 55.6 Å². The Balaban J connectivity index is 1.82. The number of pyridine rings is 1. The van der Waals surface area contributed by atoms with E-state index in [1.807, 2.05) is 36.4 Å². The Hall–Kier alpha value is -3.11. The van der Waals surface area contributed by atoms with Crippen LogP contribution in [0.1, 0.15) is 24.1 Å². The first-order valence-corrected chi connectivity index (χ1v) is 13.5. The number of sulfonamides is 1. The van der Waals surface area contributed by atoms with Gasteiger partial charge in [-0.15, -0.1) is 0 Å². The topological polar surface area (TPSA) is 97.4 Å². The number of para-hydroxylation sites is 1. The molecule has 0 radical (unpaired) electrons. The first kappa shape index (κ1) is 26.0. The van der Waals surface area contributed by atoms with Crippen LogP contribution in [0.5, 0.6) is 0 Å². The Morgan fingerprint density at radius 3 is 2.42 bits per heavy atom. The molecule has 1 aromatic heterocycles. The van der Waals surface area contributed by atoms with Crippen LogP contribution >= 0.6 is 15.9 Å². The number of carbonyl (C=O) groups is 1. The number of rotatable bonds is 9. The fourth-order valence-electron chi connectivity index (χ4n) is 4.10. The van der Waals surface area contributed by atoms with Gasteiger partial charge in [-0.2, -0.15) is 0 Å². The monoisotopic (exact) mass is 567 g/mol. The largest absolute Gasteiger partial charge is 0.468 e. The lowest BCUT2D eigenvalue weighted by Gasteiger charge is -2.37. The first-order valence-electron chi connectivity index (χ1n) is 11.2. The van der Waals surface area contributed by atoms with Crippen molar-refractivity contribution in [3.05, 3.63) is 107 Å². The van der Waals surface area contributed by atoms with Crippen LogP contribution in [-0.4, -0.2) is 32.0 Å². The van der Waals surface area contributed by atoms with Crippen molar-refractivity contribution in [3.8, 4) is 0 Å². The van der Waals surface area contributed by atoms with E-state index in [9.17, 15) is 13.2 Å². The molecule has 0 bridgehead atoms. The molecule has 0 saturated carbocycles. The van der Waals surface area contributed by atoms with Gasteiger partial charge in [0.1, 0.15) is 10.4 Å². The average Bonchev–Trinajstić information content (AvgIpc) is 2.90. The molecule has 4 rings (SSSR count). The number of esters is 1. The molecular weight excluding hydrogens is 542 g/mol. The maximum Gasteiger partial charge on any atom is 0.327 e. The quantitative estimate of drug-likeness (QED) is 0.283. The van der Waals surface area contributed by atoms with Gasteiger partial charge in [0.2, 0.25) is 10.0 Å². The Bertz CT molecular complexity index is 1480. The van der Waals surface area contributed by atoms with Crippen LogP contribution in [0.25, 0.3) is 10.9 Å². The predicted molar refractivity (Wildman–Crippen MR) is 143 cm³/mol. The zero-order chi connectivity index (χ0) is 25.8. The number of hydrogen-bond donors (Lipinski definition) is 2. The molecule has 0 unspecified atom stereocenters. The number of hydrogen-bond acceptors (Lipinski definition) is 6. The van der Waals surface area contributed by atoms with Gasteiger partial charge in [-0.05, 0) is 36.2 Å². The van der Waals surface area contributed by atoms with E-state index in [0.717, 1.165) is 5.56 Å². The molecule has 0 spiro atoms. The summed E-state index contributed by atoms with van der Waals surface area (Å²) in [6.07, 6.45) is 1.55. The first-order chi connectivity index (χ1) is 17.3. The minimum Gasteiger partial charge on any atom is -0.468 e. The predicted octanol–water partition coefficient (Wildman–Crippen LogP) is 4.74. The minimum atomic E-state index is -4.14. The molecule has 0 aliphatic heterocycles. The lowest BCUT2D eigenvalue weighted by Crippen LogP contribution is -2.59. The van der Waals surface area contributed by atoms with Crippen molar-refractivity contribution >= 4 is 42.8 Å². The van der Waals surface area contributed by atoms with Gasteiger partial charge in [-0.25, -0.2) is 17.9 Å². The van der Waals surface area contributed by atoms with Gasteiger partial charge in [0, 0.05) is 22.6 Å². The normalized spacial score (nSPS) is 14.2.